The van der Waals surface area contributed by atoms with Crippen molar-refractivity contribution in [1.29, 1.82) is 0 Å². The Kier molecular flexibility index (Phi) is 6.55. The molecule has 0 radical (unpaired) electrons. The van der Waals surface area contributed by atoms with Crippen molar-refractivity contribution in [2.24, 2.45) is 0 Å². The molecule has 0 bridgehead atoms. The van der Waals surface area contributed by atoms with E-state index in [4.69, 9.17) is 9.47 Å². The molecule has 26 heavy (non-hydrogen) atoms. The summed E-state index contributed by atoms with van der Waals surface area (Å²) in [5.41, 5.74) is 2.71. The van der Waals surface area contributed by atoms with Crippen molar-refractivity contribution in [2.75, 3.05) is 11.5 Å². The highest BCUT2D eigenvalue weighted by Gasteiger charge is 2.17. The van der Waals surface area contributed by atoms with E-state index in [1.165, 1.54) is 0 Å². The highest BCUT2D eigenvalue weighted by Crippen LogP contribution is 2.39. The number of benzene rings is 2. The van der Waals surface area contributed by atoms with Crippen LogP contribution in [0.25, 0.3) is 10.9 Å². The Balaban J connectivity index is 2.00. The normalized spacial score (nSPS) is 10.8. The topological polar surface area (TPSA) is 40.5 Å². The van der Waals surface area contributed by atoms with Crippen LogP contribution in [-0.4, -0.2) is 22.4 Å². The fraction of sp³-hybridized carbons (Fsp3) is 0.286. The number of rotatable bonds is 9. The predicted octanol–water partition coefficient (Wildman–Crippen LogP) is 5.26. The van der Waals surface area contributed by atoms with Crippen molar-refractivity contribution in [1.82, 2.24) is 4.57 Å². The summed E-state index contributed by atoms with van der Waals surface area (Å²) >= 11 is 2.39. The molecule has 3 rings (SSSR count). The summed E-state index contributed by atoms with van der Waals surface area (Å²) in [6.45, 7) is 1.31. The number of aryl methyl sites for hydroxylation is 1. The number of ether oxygens (including phenoxy) is 2. The standard InChI is InChI=1S/C21H22INO3/c1-25-19-10-9-18-20(17(14-24)13-23(18)12-6-5-11-22)21(19)26-15-16-7-3-2-4-8-16/h2-4,7-10,13-14H,5-6,11-12,15H2,1H3. The molecule has 0 spiro atoms. The van der Waals surface area contributed by atoms with Gasteiger partial charge in [-0.1, -0.05) is 52.9 Å². The second kappa shape index (κ2) is 9.07. The van der Waals surface area contributed by atoms with E-state index in [1.807, 2.05) is 48.7 Å². The molecule has 2 aromatic carbocycles. The quantitative estimate of drug-likeness (QED) is 0.188. The van der Waals surface area contributed by atoms with Gasteiger partial charge in [0.05, 0.1) is 18.0 Å². The van der Waals surface area contributed by atoms with Crippen LogP contribution in [0.15, 0.2) is 48.7 Å². The molecule has 1 heterocycles. The van der Waals surface area contributed by atoms with E-state index in [1.54, 1.807) is 7.11 Å². The molecule has 1 aromatic heterocycles. The summed E-state index contributed by atoms with van der Waals surface area (Å²) in [6.07, 6.45) is 5.05. The van der Waals surface area contributed by atoms with E-state index in [0.29, 0.717) is 23.7 Å². The molecule has 5 heteroatoms. The SMILES string of the molecule is COc1ccc2c(c(C=O)cn2CCCCI)c1OCc1ccccc1. The van der Waals surface area contributed by atoms with Gasteiger partial charge in [-0.15, -0.1) is 0 Å². The van der Waals surface area contributed by atoms with Gasteiger partial charge in [-0.3, -0.25) is 4.79 Å². The summed E-state index contributed by atoms with van der Waals surface area (Å²) in [5.74, 6) is 1.27. The van der Waals surface area contributed by atoms with Crippen LogP contribution in [-0.2, 0) is 13.2 Å². The number of fused-ring (bicyclic) bond motifs is 1. The maximum Gasteiger partial charge on any atom is 0.171 e. The van der Waals surface area contributed by atoms with Gasteiger partial charge >= 0.3 is 0 Å². The number of hydrogen-bond acceptors (Lipinski definition) is 3. The number of carbonyl (C=O) groups excluding carboxylic acids is 1. The summed E-state index contributed by atoms with van der Waals surface area (Å²) in [5, 5.41) is 0.824. The van der Waals surface area contributed by atoms with Crippen LogP contribution in [0.5, 0.6) is 11.5 Å². The summed E-state index contributed by atoms with van der Waals surface area (Å²) < 4.78 is 14.9. The van der Waals surface area contributed by atoms with Crippen molar-refractivity contribution in [3.8, 4) is 11.5 Å². The first kappa shape index (κ1) is 18.8. The largest absolute Gasteiger partial charge is 0.493 e. The molecule has 0 fully saturated rings. The summed E-state index contributed by atoms with van der Waals surface area (Å²) in [6, 6.07) is 13.9. The molecule has 0 unspecified atom stereocenters. The Morgan fingerprint density at radius 1 is 1.12 bits per heavy atom. The van der Waals surface area contributed by atoms with Gasteiger partial charge in [0.2, 0.25) is 0 Å². The Hall–Kier alpha value is -2.02. The van der Waals surface area contributed by atoms with Crippen LogP contribution in [0.2, 0.25) is 0 Å². The molecule has 0 N–H and O–H groups in total. The lowest BCUT2D eigenvalue weighted by Crippen LogP contribution is -2.00. The molecule has 136 valence electrons. The zero-order valence-corrected chi connectivity index (χ0v) is 16.9. The highest BCUT2D eigenvalue weighted by molar-refractivity contribution is 14.1. The lowest BCUT2D eigenvalue weighted by Gasteiger charge is -2.13. The summed E-state index contributed by atoms with van der Waals surface area (Å²) in [4.78, 5) is 11.7. The minimum absolute atomic E-state index is 0.425. The van der Waals surface area contributed by atoms with Crippen molar-refractivity contribution in [3.63, 3.8) is 0 Å². The smallest absolute Gasteiger partial charge is 0.171 e. The molecule has 4 nitrogen and oxygen atoms in total. The molecule has 0 saturated heterocycles. The van der Waals surface area contributed by atoms with Crippen LogP contribution < -0.4 is 9.47 Å². The average molecular weight is 463 g/mol. The molecule has 0 saturated carbocycles. The zero-order chi connectivity index (χ0) is 18.4. The van der Waals surface area contributed by atoms with E-state index in [2.05, 4.69) is 27.2 Å². The van der Waals surface area contributed by atoms with E-state index in [9.17, 15) is 4.79 Å². The molecule has 0 aliphatic heterocycles. The third kappa shape index (κ3) is 4.03. The number of carbonyl (C=O) groups is 1. The Morgan fingerprint density at radius 2 is 1.92 bits per heavy atom. The fourth-order valence-corrected chi connectivity index (χ4v) is 3.60. The Labute approximate surface area is 167 Å². The molecule has 0 aliphatic carbocycles. The minimum atomic E-state index is 0.425. The van der Waals surface area contributed by atoms with Gasteiger partial charge in [-0.05, 0) is 35.0 Å². The number of aldehydes is 1. The lowest BCUT2D eigenvalue weighted by atomic mass is 10.1. The average Bonchev–Trinajstić information content (AvgIpc) is 3.05. The number of aromatic nitrogens is 1. The van der Waals surface area contributed by atoms with Crippen LogP contribution in [0.3, 0.4) is 0 Å². The van der Waals surface area contributed by atoms with Gasteiger partial charge in [-0.2, -0.15) is 0 Å². The third-order valence-corrected chi connectivity index (χ3v) is 5.11. The van der Waals surface area contributed by atoms with Gasteiger partial charge in [0.15, 0.2) is 17.8 Å². The molecule has 0 aliphatic rings. The maximum absolute atomic E-state index is 11.7. The van der Waals surface area contributed by atoms with Crippen molar-refractivity contribution >= 4 is 39.8 Å². The third-order valence-electron chi connectivity index (χ3n) is 4.35. The van der Waals surface area contributed by atoms with Gasteiger partial charge in [-0.25, -0.2) is 0 Å². The first-order valence-electron chi connectivity index (χ1n) is 8.66. The number of hydrogen-bond donors (Lipinski definition) is 0. The molecule has 3 aromatic rings. The Morgan fingerprint density at radius 3 is 2.62 bits per heavy atom. The molecular formula is C21H22INO3. The number of halogens is 1. The van der Waals surface area contributed by atoms with Crippen LogP contribution in [0.4, 0.5) is 0 Å². The van der Waals surface area contributed by atoms with Crippen LogP contribution in [0, 0.1) is 0 Å². The monoisotopic (exact) mass is 463 g/mol. The second-order valence-corrected chi connectivity index (χ2v) is 7.14. The minimum Gasteiger partial charge on any atom is -0.493 e. The second-order valence-electron chi connectivity index (χ2n) is 6.06. The first-order chi connectivity index (χ1) is 12.8. The maximum atomic E-state index is 11.7. The van der Waals surface area contributed by atoms with Crippen LogP contribution >= 0.6 is 22.6 Å². The van der Waals surface area contributed by atoms with Gasteiger partial charge in [0.25, 0.3) is 0 Å². The molecular weight excluding hydrogens is 441 g/mol. The number of methoxy groups -OCH3 is 1. The van der Waals surface area contributed by atoms with E-state index in [0.717, 1.165) is 46.6 Å². The van der Waals surface area contributed by atoms with Crippen molar-refractivity contribution in [2.45, 2.75) is 26.0 Å². The van der Waals surface area contributed by atoms with Crippen LogP contribution in [0.1, 0.15) is 28.8 Å². The number of unbranched alkanes of at least 4 members (excludes halogenated alkanes) is 1. The molecule has 0 amide bonds. The van der Waals surface area contributed by atoms with E-state index >= 15 is 0 Å². The fourth-order valence-electron chi connectivity index (χ4n) is 3.06. The predicted molar refractivity (Wildman–Crippen MR) is 113 cm³/mol. The van der Waals surface area contributed by atoms with Gasteiger partial charge in [0, 0.05) is 18.3 Å². The van der Waals surface area contributed by atoms with E-state index < -0.39 is 0 Å². The number of alkyl halides is 1. The highest BCUT2D eigenvalue weighted by atomic mass is 127. The zero-order valence-electron chi connectivity index (χ0n) is 14.8. The lowest BCUT2D eigenvalue weighted by molar-refractivity contribution is 0.112. The molecule has 0 atom stereocenters. The van der Waals surface area contributed by atoms with Gasteiger partial charge in [0.1, 0.15) is 6.61 Å². The summed E-state index contributed by atoms with van der Waals surface area (Å²) in [7, 11) is 1.62. The first-order valence-corrected chi connectivity index (χ1v) is 10.2. The van der Waals surface area contributed by atoms with Crippen molar-refractivity contribution in [3.05, 3.63) is 59.8 Å². The Bertz CT molecular complexity index is 874. The number of nitrogens with zero attached hydrogens (tertiary/aromatic N) is 1. The van der Waals surface area contributed by atoms with Gasteiger partial charge < -0.3 is 14.0 Å². The van der Waals surface area contributed by atoms with Crippen molar-refractivity contribution < 1.29 is 14.3 Å². The van der Waals surface area contributed by atoms with E-state index in [-0.39, 0.29) is 0 Å².